The molecular formula is C22H23Cl2FN4O. The van der Waals surface area contributed by atoms with Gasteiger partial charge in [-0.1, -0.05) is 35.3 Å². The number of carbonyl (C=O) groups excluding carboxylic acids is 1. The van der Waals surface area contributed by atoms with Crippen LogP contribution in [0.3, 0.4) is 0 Å². The number of rotatable bonds is 4. The lowest BCUT2D eigenvalue weighted by atomic mass is 10.1. The van der Waals surface area contributed by atoms with Crippen molar-refractivity contribution in [2.75, 3.05) is 11.9 Å². The van der Waals surface area contributed by atoms with Gasteiger partial charge < -0.3 is 20.4 Å². The van der Waals surface area contributed by atoms with Crippen molar-refractivity contribution in [2.24, 2.45) is 0 Å². The van der Waals surface area contributed by atoms with E-state index in [2.05, 4.69) is 15.5 Å². The highest BCUT2D eigenvalue weighted by Gasteiger charge is 2.39. The first kappa shape index (κ1) is 20.8. The first-order valence-electron chi connectivity index (χ1n) is 9.89. The highest BCUT2D eigenvalue weighted by molar-refractivity contribution is 6.30. The number of allylic oxidation sites excluding steroid dienone is 1. The Bertz CT molecular complexity index is 966. The van der Waals surface area contributed by atoms with Gasteiger partial charge in [0, 0.05) is 35.0 Å². The van der Waals surface area contributed by atoms with Crippen LogP contribution in [0.5, 0.6) is 0 Å². The maximum Gasteiger partial charge on any atom is 0.322 e. The standard InChI is InChI=1S/C22H23Cl2FN4O/c1-14-12-26-21(29(14)13-15-4-6-16(23)7-5-15)20-3-2-10-28(20)22(30)27-19-9-8-17(24)11-18(19)25/h4-9,11-12,20-21,26H,2-3,10,13H2,1H3,(H,27,30). The van der Waals surface area contributed by atoms with Gasteiger partial charge in [-0.15, -0.1) is 0 Å². The molecular weight excluding hydrogens is 426 g/mol. The summed E-state index contributed by atoms with van der Waals surface area (Å²) < 4.78 is 14.1. The van der Waals surface area contributed by atoms with Crippen LogP contribution < -0.4 is 10.6 Å². The molecule has 0 aromatic heterocycles. The van der Waals surface area contributed by atoms with Gasteiger partial charge in [0.15, 0.2) is 0 Å². The molecule has 2 aromatic rings. The zero-order chi connectivity index (χ0) is 21.3. The third kappa shape index (κ3) is 4.35. The van der Waals surface area contributed by atoms with Crippen LogP contribution in [0.2, 0.25) is 10.0 Å². The minimum Gasteiger partial charge on any atom is -0.368 e. The van der Waals surface area contributed by atoms with Gasteiger partial charge in [0.2, 0.25) is 0 Å². The molecule has 5 nitrogen and oxygen atoms in total. The summed E-state index contributed by atoms with van der Waals surface area (Å²) in [5, 5.41) is 7.11. The van der Waals surface area contributed by atoms with E-state index in [0.29, 0.717) is 23.1 Å². The Morgan fingerprint density at radius 2 is 1.93 bits per heavy atom. The minimum atomic E-state index is -0.549. The quantitative estimate of drug-likeness (QED) is 0.655. The lowest BCUT2D eigenvalue weighted by Gasteiger charge is -2.37. The Morgan fingerprint density at radius 3 is 2.67 bits per heavy atom. The first-order chi connectivity index (χ1) is 14.4. The van der Waals surface area contributed by atoms with E-state index in [0.717, 1.165) is 24.1 Å². The fraction of sp³-hybridized carbons (Fsp3) is 0.318. The molecule has 158 valence electrons. The second-order valence-electron chi connectivity index (χ2n) is 7.61. The van der Waals surface area contributed by atoms with Crippen molar-refractivity contribution in [1.29, 1.82) is 0 Å². The smallest absolute Gasteiger partial charge is 0.322 e. The van der Waals surface area contributed by atoms with Crippen molar-refractivity contribution in [1.82, 2.24) is 15.1 Å². The Hall–Kier alpha value is -2.44. The van der Waals surface area contributed by atoms with Gasteiger partial charge >= 0.3 is 6.03 Å². The van der Waals surface area contributed by atoms with E-state index in [1.54, 1.807) is 11.0 Å². The SMILES string of the molecule is CC1=CNC(C2CCCN2C(=O)Nc2ccc(Cl)cc2F)N1Cc1ccc(Cl)cc1. The molecule has 0 spiro atoms. The van der Waals surface area contributed by atoms with Crippen molar-refractivity contribution in [3.63, 3.8) is 0 Å². The van der Waals surface area contributed by atoms with Crippen LogP contribution in [-0.4, -0.2) is 34.6 Å². The lowest BCUT2D eigenvalue weighted by Crippen LogP contribution is -2.53. The molecule has 2 amide bonds. The number of anilines is 1. The molecule has 0 saturated carbocycles. The third-order valence-corrected chi connectivity index (χ3v) is 6.10. The fourth-order valence-corrected chi connectivity index (χ4v) is 4.36. The summed E-state index contributed by atoms with van der Waals surface area (Å²) in [6.45, 7) is 3.37. The molecule has 2 aromatic carbocycles. The van der Waals surface area contributed by atoms with E-state index in [1.807, 2.05) is 37.4 Å². The first-order valence-corrected chi connectivity index (χ1v) is 10.6. The Labute approximate surface area is 185 Å². The number of amides is 2. The van der Waals surface area contributed by atoms with Crippen molar-refractivity contribution < 1.29 is 9.18 Å². The summed E-state index contributed by atoms with van der Waals surface area (Å²) in [6, 6.07) is 11.7. The summed E-state index contributed by atoms with van der Waals surface area (Å²) >= 11 is 11.8. The summed E-state index contributed by atoms with van der Waals surface area (Å²) in [6.07, 6.45) is 3.69. The fourth-order valence-electron chi connectivity index (χ4n) is 4.08. The summed E-state index contributed by atoms with van der Waals surface area (Å²) in [7, 11) is 0. The highest BCUT2D eigenvalue weighted by atomic mass is 35.5. The van der Waals surface area contributed by atoms with Crippen molar-refractivity contribution in [2.45, 2.75) is 38.5 Å². The molecule has 0 aliphatic carbocycles. The second-order valence-corrected chi connectivity index (χ2v) is 8.48. The van der Waals surface area contributed by atoms with E-state index in [1.165, 1.54) is 12.1 Å². The highest BCUT2D eigenvalue weighted by Crippen LogP contribution is 2.29. The molecule has 30 heavy (non-hydrogen) atoms. The third-order valence-electron chi connectivity index (χ3n) is 5.62. The number of nitrogens with zero attached hydrogens (tertiary/aromatic N) is 2. The van der Waals surface area contributed by atoms with Crippen molar-refractivity contribution in [3.05, 3.63) is 75.8 Å². The number of halogens is 3. The molecule has 0 radical (unpaired) electrons. The van der Waals surface area contributed by atoms with Gasteiger partial charge in [-0.3, -0.25) is 0 Å². The van der Waals surface area contributed by atoms with Crippen LogP contribution in [0.15, 0.2) is 54.4 Å². The predicted molar refractivity (Wildman–Crippen MR) is 118 cm³/mol. The van der Waals surface area contributed by atoms with Gasteiger partial charge in [0.05, 0.1) is 11.7 Å². The minimum absolute atomic E-state index is 0.0404. The lowest BCUT2D eigenvalue weighted by molar-refractivity contribution is 0.139. The van der Waals surface area contributed by atoms with Crippen LogP contribution in [0, 0.1) is 5.82 Å². The number of likely N-dealkylation sites (tertiary alicyclic amines) is 1. The molecule has 2 aliphatic rings. The molecule has 2 N–H and O–H groups in total. The maximum atomic E-state index is 14.1. The maximum absolute atomic E-state index is 14.1. The molecule has 4 rings (SSSR count). The number of hydrogen-bond acceptors (Lipinski definition) is 3. The largest absolute Gasteiger partial charge is 0.368 e. The number of nitrogens with one attached hydrogen (secondary N) is 2. The van der Waals surface area contributed by atoms with Crippen LogP contribution in [0.1, 0.15) is 25.3 Å². The van der Waals surface area contributed by atoms with Gasteiger partial charge in [-0.2, -0.15) is 0 Å². The molecule has 2 unspecified atom stereocenters. The Balaban J connectivity index is 1.48. The number of hydrogen-bond donors (Lipinski definition) is 2. The van der Waals surface area contributed by atoms with Gasteiger partial charge in [-0.05, 0) is 55.7 Å². The average Bonchev–Trinajstić information content (AvgIpc) is 3.33. The van der Waals surface area contributed by atoms with E-state index in [-0.39, 0.29) is 23.9 Å². The molecule has 1 saturated heterocycles. The van der Waals surface area contributed by atoms with E-state index >= 15 is 0 Å². The summed E-state index contributed by atoms with van der Waals surface area (Å²) in [5.74, 6) is -0.549. The zero-order valence-corrected chi connectivity index (χ0v) is 18.1. The second kappa shape index (κ2) is 8.74. The van der Waals surface area contributed by atoms with Gasteiger partial charge in [-0.25, -0.2) is 9.18 Å². The summed E-state index contributed by atoms with van der Waals surface area (Å²) in [5.41, 5.74) is 2.37. The average molecular weight is 449 g/mol. The van der Waals surface area contributed by atoms with Crippen LogP contribution >= 0.6 is 23.2 Å². The van der Waals surface area contributed by atoms with Crippen molar-refractivity contribution >= 4 is 34.9 Å². The van der Waals surface area contributed by atoms with Crippen LogP contribution in [-0.2, 0) is 6.54 Å². The van der Waals surface area contributed by atoms with Gasteiger partial charge in [0.1, 0.15) is 12.0 Å². The molecule has 2 atom stereocenters. The predicted octanol–water partition coefficient (Wildman–Crippen LogP) is 5.42. The summed E-state index contributed by atoms with van der Waals surface area (Å²) in [4.78, 5) is 17.0. The van der Waals surface area contributed by atoms with Gasteiger partial charge in [0.25, 0.3) is 0 Å². The molecule has 8 heteroatoms. The number of benzene rings is 2. The molecule has 2 heterocycles. The Kier molecular flexibility index (Phi) is 6.06. The zero-order valence-electron chi connectivity index (χ0n) is 16.5. The topological polar surface area (TPSA) is 47.6 Å². The van der Waals surface area contributed by atoms with E-state index in [9.17, 15) is 9.18 Å². The van der Waals surface area contributed by atoms with Crippen molar-refractivity contribution in [3.8, 4) is 0 Å². The van der Waals surface area contributed by atoms with Crippen LogP contribution in [0.25, 0.3) is 0 Å². The normalized spacial score (nSPS) is 20.9. The number of urea groups is 1. The monoisotopic (exact) mass is 448 g/mol. The number of carbonyl (C=O) groups is 1. The molecule has 0 bridgehead atoms. The molecule has 2 aliphatic heterocycles. The van der Waals surface area contributed by atoms with E-state index < -0.39 is 5.82 Å². The molecule has 1 fully saturated rings. The van der Waals surface area contributed by atoms with Crippen LogP contribution in [0.4, 0.5) is 14.9 Å². The Morgan fingerprint density at radius 1 is 1.20 bits per heavy atom. The van der Waals surface area contributed by atoms with E-state index in [4.69, 9.17) is 23.2 Å².